The van der Waals surface area contributed by atoms with Gasteiger partial charge in [0.15, 0.2) is 6.29 Å². The van der Waals surface area contributed by atoms with Gasteiger partial charge in [-0.1, -0.05) is 35.4 Å². The molecule has 0 radical (unpaired) electrons. The summed E-state index contributed by atoms with van der Waals surface area (Å²) in [5, 5.41) is 14.0. The predicted molar refractivity (Wildman–Crippen MR) is 73.3 cm³/mol. The van der Waals surface area contributed by atoms with Gasteiger partial charge in [0.25, 0.3) is 0 Å². The zero-order chi connectivity index (χ0) is 14.8. The maximum Gasteiger partial charge on any atom is 0.184 e. The first kappa shape index (κ1) is 14.3. The van der Waals surface area contributed by atoms with Crippen LogP contribution in [0, 0.1) is 0 Å². The van der Waals surface area contributed by atoms with Crippen LogP contribution in [0.2, 0.25) is 0 Å². The van der Waals surface area contributed by atoms with E-state index in [4.69, 9.17) is 19.7 Å². The Balaban J connectivity index is 1.78. The molecule has 7 nitrogen and oxygen atoms in total. The molecule has 6 atom stereocenters. The number of hydrogen-bond acceptors (Lipinski definition) is 5. The molecule has 21 heavy (non-hydrogen) atoms. The molecule has 1 N–H and O–H groups in total. The van der Waals surface area contributed by atoms with Crippen LogP contribution in [0.3, 0.4) is 0 Å². The van der Waals surface area contributed by atoms with Gasteiger partial charge in [-0.2, -0.15) is 0 Å². The van der Waals surface area contributed by atoms with Crippen LogP contribution < -0.4 is 0 Å². The van der Waals surface area contributed by atoms with Gasteiger partial charge in [-0.25, -0.2) is 0 Å². The van der Waals surface area contributed by atoms with Crippen LogP contribution in [0.15, 0.2) is 35.4 Å². The van der Waals surface area contributed by atoms with E-state index in [1.54, 1.807) is 6.92 Å². The molecule has 0 bridgehead atoms. The molecule has 2 saturated heterocycles. The van der Waals surface area contributed by atoms with Crippen molar-refractivity contribution in [3.05, 3.63) is 46.3 Å². The van der Waals surface area contributed by atoms with Crippen LogP contribution in [0.5, 0.6) is 0 Å². The van der Waals surface area contributed by atoms with E-state index in [0.717, 1.165) is 5.56 Å². The standard InChI is InChI=1S/C14H17N3O4/c1-8-11(16-17-15)12(18)13-10(20-8)7-19-14(21-13)9-5-3-2-4-6-9/h2-6,8,10-14,18H,7H2,1H3/t8?,10?,11?,12?,13-,14?/m1/s1. The quantitative estimate of drug-likeness (QED) is 0.511. The van der Waals surface area contributed by atoms with Crippen molar-refractivity contribution >= 4 is 0 Å². The Morgan fingerprint density at radius 2 is 2.05 bits per heavy atom. The molecule has 1 aromatic rings. The highest BCUT2D eigenvalue weighted by Gasteiger charge is 2.47. The second kappa shape index (κ2) is 6.01. The summed E-state index contributed by atoms with van der Waals surface area (Å²) >= 11 is 0. The summed E-state index contributed by atoms with van der Waals surface area (Å²) in [6.07, 6.45) is -2.77. The lowest BCUT2D eigenvalue weighted by Gasteiger charge is -2.46. The van der Waals surface area contributed by atoms with Crippen molar-refractivity contribution in [1.82, 2.24) is 0 Å². The largest absolute Gasteiger partial charge is 0.390 e. The summed E-state index contributed by atoms with van der Waals surface area (Å²) in [5.74, 6) is 0. The highest BCUT2D eigenvalue weighted by molar-refractivity contribution is 5.16. The number of aliphatic hydroxyl groups is 1. The smallest absolute Gasteiger partial charge is 0.184 e. The molecule has 0 aromatic heterocycles. The molecule has 2 heterocycles. The average Bonchev–Trinajstić information content (AvgIpc) is 2.52. The number of hydrogen-bond donors (Lipinski definition) is 1. The Bertz CT molecular complexity index is 534. The number of nitrogens with zero attached hydrogens (tertiary/aromatic N) is 3. The zero-order valence-electron chi connectivity index (χ0n) is 11.6. The van der Waals surface area contributed by atoms with Gasteiger partial charge in [-0.15, -0.1) is 0 Å². The molecule has 2 fully saturated rings. The van der Waals surface area contributed by atoms with Crippen LogP contribution in [-0.2, 0) is 14.2 Å². The molecule has 5 unspecified atom stereocenters. The minimum Gasteiger partial charge on any atom is -0.390 e. The van der Waals surface area contributed by atoms with Gasteiger partial charge in [-0.05, 0) is 12.5 Å². The first-order chi connectivity index (χ1) is 10.2. The second-order valence-electron chi connectivity index (χ2n) is 5.24. The van der Waals surface area contributed by atoms with Gasteiger partial charge in [-0.3, -0.25) is 0 Å². The average molecular weight is 291 g/mol. The highest BCUT2D eigenvalue weighted by atomic mass is 16.7. The summed E-state index contributed by atoms with van der Waals surface area (Å²) in [6, 6.07) is 8.83. The molecule has 0 amide bonds. The maximum absolute atomic E-state index is 10.4. The van der Waals surface area contributed by atoms with Gasteiger partial charge in [0.1, 0.15) is 12.2 Å². The number of aliphatic hydroxyl groups excluding tert-OH is 1. The van der Waals surface area contributed by atoms with E-state index < -0.39 is 24.5 Å². The monoisotopic (exact) mass is 291 g/mol. The van der Waals surface area contributed by atoms with Crippen LogP contribution in [0.4, 0.5) is 0 Å². The fourth-order valence-corrected chi connectivity index (χ4v) is 2.80. The molecule has 0 saturated carbocycles. The SMILES string of the molecule is CC1OC2COC(c3ccccc3)O[C@H]2C(O)C1N=[N+]=[N-]. The van der Waals surface area contributed by atoms with E-state index in [1.165, 1.54) is 0 Å². The Kier molecular flexibility index (Phi) is 4.10. The van der Waals surface area contributed by atoms with Crippen LogP contribution in [-0.4, -0.2) is 42.2 Å². The Morgan fingerprint density at radius 3 is 2.76 bits per heavy atom. The van der Waals surface area contributed by atoms with Gasteiger partial charge in [0.05, 0.1) is 24.9 Å². The predicted octanol–water partition coefficient (Wildman–Crippen LogP) is 1.93. The lowest BCUT2D eigenvalue weighted by Crippen LogP contribution is -2.60. The minimum absolute atomic E-state index is 0.328. The fraction of sp³-hybridized carbons (Fsp3) is 0.571. The molecular weight excluding hydrogens is 274 g/mol. The number of rotatable bonds is 2. The fourth-order valence-electron chi connectivity index (χ4n) is 2.80. The number of azide groups is 1. The normalized spacial score (nSPS) is 39.1. The van der Waals surface area contributed by atoms with E-state index in [1.807, 2.05) is 30.3 Å². The molecule has 1 aromatic carbocycles. The number of ether oxygens (including phenoxy) is 3. The second-order valence-corrected chi connectivity index (χ2v) is 5.24. The molecule has 7 heteroatoms. The van der Waals surface area contributed by atoms with Gasteiger partial charge in [0.2, 0.25) is 0 Å². The van der Waals surface area contributed by atoms with Crippen molar-refractivity contribution < 1.29 is 19.3 Å². The van der Waals surface area contributed by atoms with E-state index in [2.05, 4.69) is 10.0 Å². The summed E-state index contributed by atoms with van der Waals surface area (Å²) in [5.41, 5.74) is 9.48. The van der Waals surface area contributed by atoms with E-state index in [9.17, 15) is 5.11 Å². The number of benzene rings is 1. The van der Waals surface area contributed by atoms with Crippen molar-refractivity contribution in [3.8, 4) is 0 Å². The Morgan fingerprint density at radius 1 is 1.29 bits per heavy atom. The summed E-state index contributed by atoms with van der Waals surface area (Å²) in [4.78, 5) is 2.77. The molecular formula is C14H17N3O4. The molecule has 3 rings (SSSR count). The van der Waals surface area contributed by atoms with Gasteiger partial charge >= 0.3 is 0 Å². The lowest BCUT2D eigenvalue weighted by atomic mass is 9.93. The maximum atomic E-state index is 10.4. The van der Waals surface area contributed by atoms with Crippen molar-refractivity contribution in [3.63, 3.8) is 0 Å². The van der Waals surface area contributed by atoms with Crippen molar-refractivity contribution in [2.45, 2.75) is 43.7 Å². The molecule has 0 spiro atoms. The van der Waals surface area contributed by atoms with Crippen molar-refractivity contribution in [1.29, 1.82) is 0 Å². The van der Waals surface area contributed by atoms with Crippen LogP contribution >= 0.6 is 0 Å². The van der Waals surface area contributed by atoms with Crippen molar-refractivity contribution in [2.24, 2.45) is 5.11 Å². The summed E-state index contributed by atoms with van der Waals surface area (Å²) < 4.78 is 17.2. The first-order valence-corrected chi connectivity index (χ1v) is 6.90. The third kappa shape index (κ3) is 2.74. The molecule has 2 aliphatic heterocycles. The van der Waals surface area contributed by atoms with E-state index >= 15 is 0 Å². The third-order valence-corrected chi connectivity index (χ3v) is 3.87. The molecule has 2 aliphatic rings. The molecule has 0 aliphatic carbocycles. The Hall–Kier alpha value is -1.63. The van der Waals surface area contributed by atoms with Crippen LogP contribution in [0.1, 0.15) is 18.8 Å². The minimum atomic E-state index is -0.912. The van der Waals surface area contributed by atoms with Gasteiger partial charge in [0, 0.05) is 10.5 Å². The van der Waals surface area contributed by atoms with Crippen LogP contribution in [0.25, 0.3) is 10.4 Å². The van der Waals surface area contributed by atoms with Gasteiger partial charge < -0.3 is 19.3 Å². The summed E-state index contributed by atoms with van der Waals surface area (Å²) in [6.45, 7) is 2.09. The van der Waals surface area contributed by atoms with E-state index in [-0.39, 0.29) is 12.2 Å². The summed E-state index contributed by atoms with van der Waals surface area (Å²) in [7, 11) is 0. The number of fused-ring (bicyclic) bond motifs is 1. The highest BCUT2D eigenvalue weighted by Crippen LogP contribution is 2.34. The molecule has 112 valence electrons. The third-order valence-electron chi connectivity index (χ3n) is 3.87. The topological polar surface area (TPSA) is 96.7 Å². The van der Waals surface area contributed by atoms with E-state index in [0.29, 0.717) is 6.61 Å². The Labute approximate surface area is 122 Å². The van der Waals surface area contributed by atoms with Crippen molar-refractivity contribution in [2.75, 3.05) is 6.61 Å². The first-order valence-electron chi connectivity index (χ1n) is 6.90. The lowest BCUT2D eigenvalue weighted by molar-refractivity contribution is -0.311. The zero-order valence-corrected chi connectivity index (χ0v) is 11.6.